The molecule has 2 heterocycles. The van der Waals surface area contributed by atoms with Crippen LogP contribution in [0.2, 0.25) is 0 Å². The lowest BCUT2D eigenvalue weighted by atomic mass is 9.96. The first-order valence-electron chi connectivity index (χ1n) is 8.70. The number of aryl methyl sites for hydroxylation is 1. The summed E-state index contributed by atoms with van der Waals surface area (Å²) >= 11 is 1.10. The molecule has 0 aromatic carbocycles. The van der Waals surface area contributed by atoms with E-state index in [0.717, 1.165) is 41.0 Å². The highest BCUT2D eigenvalue weighted by molar-refractivity contribution is 8.00. The average Bonchev–Trinajstić information content (AvgIpc) is 3.19. The van der Waals surface area contributed by atoms with Gasteiger partial charge in [0.25, 0.3) is 0 Å². The number of aliphatic carboxylic acids is 1. The zero-order valence-corrected chi connectivity index (χ0v) is 16.1. The third-order valence-electron chi connectivity index (χ3n) is 4.47. The summed E-state index contributed by atoms with van der Waals surface area (Å²) in [6, 6.07) is 5.68. The summed E-state index contributed by atoms with van der Waals surface area (Å²) in [7, 11) is 0. The largest absolute Gasteiger partial charge is 0.481 e. The number of rotatable bonds is 7. The number of aromatic nitrogens is 3. The first-order chi connectivity index (χ1) is 13.0. The predicted octanol–water partition coefficient (Wildman–Crippen LogP) is 2.23. The molecule has 27 heavy (non-hydrogen) atoms. The van der Waals surface area contributed by atoms with Crippen molar-refractivity contribution >= 4 is 23.6 Å². The first kappa shape index (κ1) is 19.2. The van der Waals surface area contributed by atoms with Crippen molar-refractivity contribution in [2.24, 2.45) is 0 Å². The normalized spacial score (nSPS) is 18.6. The molecule has 0 saturated carbocycles. The van der Waals surface area contributed by atoms with Crippen LogP contribution in [0, 0.1) is 13.8 Å². The van der Waals surface area contributed by atoms with Crippen molar-refractivity contribution in [3.63, 3.8) is 0 Å². The molecule has 2 aromatic rings. The number of thioether (sulfide) groups is 1. The number of hydrogen-bond acceptors (Lipinski definition) is 5. The molecule has 2 aromatic heterocycles. The van der Waals surface area contributed by atoms with E-state index in [2.05, 4.69) is 21.5 Å². The van der Waals surface area contributed by atoms with E-state index in [1.807, 2.05) is 42.8 Å². The van der Waals surface area contributed by atoms with Gasteiger partial charge in [-0.1, -0.05) is 18.2 Å². The second-order valence-corrected chi connectivity index (χ2v) is 7.46. The number of pyridine rings is 1. The number of carbonyl (C=O) groups is 2. The van der Waals surface area contributed by atoms with Gasteiger partial charge in [-0.3, -0.25) is 9.59 Å². The molecule has 0 aliphatic heterocycles. The van der Waals surface area contributed by atoms with Crippen LogP contribution in [0.3, 0.4) is 0 Å². The van der Waals surface area contributed by atoms with Gasteiger partial charge in [-0.2, -0.15) is 5.10 Å². The average molecular weight is 386 g/mol. The van der Waals surface area contributed by atoms with E-state index in [-0.39, 0.29) is 29.4 Å². The van der Waals surface area contributed by atoms with E-state index < -0.39 is 5.97 Å². The number of carboxylic acid groups (broad SMARTS) is 1. The molecule has 7 nitrogen and oxygen atoms in total. The van der Waals surface area contributed by atoms with Gasteiger partial charge in [0.1, 0.15) is 0 Å². The fraction of sp³-hybridized carbons (Fsp3) is 0.368. The Balaban J connectivity index is 1.64. The number of amides is 1. The SMILES string of the molecule is Cc1nn(-c2ccccn2)c(C)c1C1C=CC(NC(=O)CSCC(=O)O)C1. The lowest BCUT2D eigenvalue weighted by molar-refractivity contribution is -0.133. The minimum Gasteiger partial charge on any atom is -0.481 e. The van der Waals surface area contributed by atoms with Crippen LogP contribution in [0.15, 0.2) is 36.5 Å². The smallest absolute Gasteiger partial charge is 0.313 e. The van der Waals surface area contributed by atoms with Crippen molar-refractivity contribution in [1.29, 1.82) is 0 Å². The fourth-order valence-corrected chi connectivity index (χ4v) is 3.94. The molecule has 0 spiro atoms. The van der Waals surface area contributed by atoms with Crippen LogP contribution in [-0.2, 0) is 9.59 Å². The summed E-state index contributed by atoms with van der Waals surface area (Å²) < 4.78 is 1.85. The predicted molar refractivity (Wildman–Crippen MR) is 104 cm³/mol. The molecule has 0 bridgehead atoms. The van der Waals surface area contributed by atoms with Crippen LogP contribution in [0.4, 0.5) is 0 Å². The van der Waals surface area contributed by atoms with Gasteiger partial charge in [0.2, 0.25) is 5.91 Å². The zero-order chi connectivity index (χ0) is 19.4. The summed E-state index contributed by atoms with van der Waals surface area (Å²) in [6.45, 7) is 4.02. The minimum atomic E-state index is -0.913. The zero-order valence-electron chi connectivity index (χ0n) is 15.3. The Morgan fingerprint density at radius 2 is 2.11 bits per heavy atom. The van der Waals surface area contributed by atoms with Crippen molar-refractivity contribution in [2.45, 2.75) is 32.2 Å². The fourth-order valence-electron chi connectivity index (χ4n) is 3.39. The highest BCUT2D eigenvalue weighted by atomic mass is 32.2. The maximum absolute atomic E-state index is 12.0. The van der Waals surface area contributed by atoms with Crippen molar-refractivity contribution in [3.8, 4) is 5.82 Å². The maximum atomic E-state index is 12.0. The second kappa shape index (κ2) is 8.39. The van der Waals surface area contributed by atoms with Gasteiger partial charge in [0, 0.05) is 29.4 Å². The molecule has 0 radical (unpaired) electrons. The van der Waals surface area contributed by atoms with Gasteiger partial charge in [-0.05, 0) is 32.4 Å². The topological polar surface area (TPSA) is 97.1 Å². The van der Waals surface area contributed by atoms with Gasteiger partial charge in [0.05, 0.1) is 17.2 Å². The molecule has 2 unspecified atom stereocenters. The molecule has 2 N–H and O–H groups in total. The molecule has 2 atom stereocenters. The Labute approximate surface area is 161 Å². The molecular weight excluding hydrogens is 364 g/mol. The van der Waals surface area contributed by atoms with E-state index in [0.29, 0.717) is 0 Å². The molecular formula is C19H22N4O3S. The summed E-state index contributed by atoms with van der Waals surface area (Å²) in [4.78, 5) is 26.8. The van der Waals surface area contributed by atoms with Gasteiger partial charge in [-0.15, -0.1) is 11.8 Å². The number of nitrogens with one attached hydrogen (secondary N) is 1. The van der Waals surface area contributed by atoms with E-state index in [1.165, 1.54) is 0 Å². The molecule has 1 aliphatic carbocycles. The number of hydrogen-bond donors (Lipinski definition) is 2. The summed E-state index contributed by atoms with van der Waals surface area (Å²) in [6.07, 6.45) is 6.62. The van der Waals surface area contributed by atoms with Gasteiger partial charge < -0.3 is 10.4 Å². The standard InChI is InChI=1S/C19H22N4O3S/c1-12-19(13(2)23(22-12)16-5-3-4-8-20-16)14-6-7-15(9-14)21-17(24)10-27-11-18(25)26/h3-8,14-15H,9-11H2,1-2H3,(H,21,24)(H,25,26). The summed E-state index contributed by atoms with van der Waals surface area (Å²) in [5, 5.41) is 16.2. The molecule has 0 fully saturated rings. The second-order valence-electron chi connectivity index (χ2n) is 6.47. The molecule has 142 valence electrons. The maximum Gasteiger partial charge on any atom is 0.313 e. The quantitative estimate of drug-likeness (QED) is 0.709. The molecule has 1 amide bonds. The van der Waals surface area contributed by atoms with Crippen LogP contribution in [-0.4, -0.2) is 49.3 Å². The van der Waals surface area contributed by atoms with Crippen molar-refractivity contribution < 1.29 is 14.7 Å². The molecule has 0 saturated heterocycles. The van der Waals surface area contributed by atoms with Crippen LogP contribution in [0.5, 0.6) is 0 Å². The lowest BCUT2D eigenvalue weighted by Crippen LogP contribution is -2.34. The Kier molecular flexibility index (Phi) is 5.95. The molecule has 1 aliphatic rings. The Morgan fingerprint density at radius 1 is 1.30 bits per heavy atom. The van der Waals surface area contributed by atoms with Crippen molar-refractivity contribution in [1.82, 2.24) is 20.1 Å². The van der Waals surface area contributed by atoms with E-state index in [1.54, 1.807) is 6.20 Å². The lowest BCUT2D eigenvalue weighted by Gasteiger charge is -2.14. The Bertz CT molecular complexity index is 863. The molecule has 3 rings (SSSR count). The van der Waals surface area contributed by atoms with Crippen LogP contribution >= 0.6 is 11.8 Å². The monoisotopic (exact) mass is 386 g/mol. The Hall–Kier alpha value is -2.61. The third kappa shape index (κ3) is 4.57. The molecule has 8 heteroatoms. The number of carboxylic acids is 1. The van der Waals surface area contributed by atoms with Crippen LogP contribution < -0.4 is 5.32 Å². The minimum absolute atomic E-state index is 0.0510. The highest BCUT2D eigenvalue weighted by Crippen LogP contribution is 2.33. The van der Waals surface area contributed by atoms with Crippen LogP contribution in [0.25, 0.3) is 5.82 Å². The van der Waals surface area contributed by atoms with Gasteiger partial charge in [-0.25, -0.2) is 9.67 Å². The first-order valence-corrected chi connectivity index (χ1v) is 9.86. The number of carbonyl (C=O) groups excluding carboxylic acids is 1. The summed E-state index contributed by atoms with van der Waals surface area (Å²) in [5.74, 6) is -0.0109. The van der Waals surface area contributed by atoms with Gasteiger partial charge >= 0.3 is 5.97 Å². The highest BCUT2D eigenvalue weighted by Gasteiger charge is 2.27. The van der Waals surface area contributed by atoms with Gasteiger partial charge in [0.15, 0.2) is 5.82 Å². The van der Waals surface area contributed by atoms with Crippen molar-refractivity contribution in [2.75, 3.05) is 11.5 Å². The summed E-state index contributed by atoms with van der Waals surface area (Å²) in [5.41, 5.74) is 3.16. The van der Waals surface area contributed by atoms with E-state index in [9.17, 15) is 9.59 Å². The third-order valence-corrected chi connectivity index (χ3v) is 5.39. The van der Waals surface area contributed by atoms with Crippen molar-refractivity contribution in [3.05, 3.63) is 53.5 Å². The van der Waals surface area contributed by atoms with E-state index in [4.69, 9.17) is 5.11 Å². The number of allylic oxidation sites excluding steroid dienone is 1. The van der Waals surface area contributed by atoms with E-state index >= 15 is 0 Å². The number of nitrogens with zero attached hydrogens (tertiary/aromatic N) is 3. The van der Waals surface area contributed by atoms with Crippen LogP contribution in [0.1, 0.15) is 29.3 Å². The Morgan fingerprint density at radius 3 is 2.81 bits per heavy atom.